The lowest BCUT2D eigenvalue weighted by atomic mass is 9.86. The van der Waals surface area contributed by atoms with Crippen LogP contribution in [0.5, 0.6) is 23.0 Å². The smallest absolute Gasteiger partial charge is 0.485 e. The molecule has 0 radical (unpaired) electrons. The predicted molar refractivity (Wildman–Crippen MR) is 133 cm³/mol. The van der Waals surface area contributed by atoms with E-state index in [9.17, 15) is 27.2 Å². The minimum Gasteiger partial charge on any atom is -0.485 e. The lowest BCUT2D eigenvalue weighted by Crippen LogP contribution is -2.40. The lowest BCUT2D eigenvalue weighted by molar-refractivity contribution is -0.286. The molecule has 3 aliphatic rings. The van der Waals surface area contributed by atoms with Crippen molar-refractivity contribution >= 4 is 11.9 Å². The van der Waals surface area contributed by atoms with E-state index in [1.165, 1.54) is 37.4 Å². The van der Waals surface area contributed by atoms with Crippen LogP contribution in [0.4, 0.5) is 17.6 Å². The third-order valence-electron chi connectivity index (χ3n) is 7.39. The van der Waals surface area contributed by atoms with E-state index in [2.05, 4.69) is 19.5 Å². The molecule has 12 heteroatoms. The molecule has 6 rings (SSSR count). The molecular weight excluding hydrogens is 550 g/mol. The highest BCUT2D eigenvalue weighted by Gasteiger charge is 2.50. The molecular formula is C29H23F4NO7. The number of methoxy groups -OCH3 is 1. The van der Waals surface area contributed by atoms with Crippen molar-refractivity contribution in [2.24, 2.45) is 0 Å². The van der Waals surface area contributed by atoms with Crippen LogP contribution in [0.15, 0.2) is 60.7 Å². The predicted octanol–water partition coefficient (Wildman–Crippen LogP) is 5.81. The molecule has 8 nitrogen and oxygen atoms in total. The van der Waals surface area contributed by atoms with Crippen molar-refractivity contribution in [1.29, 1.82) is 0 Å². The van der Waals surface area contributed by atoms with Crippen LogP contribution in [0, 0.1) is 0 Å². The van der Waals surface area contributed by atoms with Crippen molar-refractivity contribution in [3.63, 3.8) is 0 Å². The van der Waals surface area contributed by atoms with Crippen LogP contribution >= 0.6 is 0 Å². The SMILES string of the molecule is COC(=O)c1ccc([C@H]2C[C@@H](C(=O)NC3(c4ccc5c(c4)OC(F)(F)O5)CC3)c3ccc(OC(F)F)cc3O2)cc1. The third kappa shape index (κ3) is 5.21. The van der Waals surface area contributed by atoms with Gasteiger partial charge >= 0.3 is 18.9 Å². The monoisotopic (exact) mass is 573 g/mol. The molecule has 0 spiro atoms. The third-order valence-corrected chi connectivity index (χ3v) is 7.39. The first-order valence-corrected chi connectivity index (χ1v) is 12.7. The average Bonchev–Trinajstić information content (AvgIpc) is 3.65. The molecule has 1 aliphatic carbocycles. The van der Waals surface area contributed by atoms with Gasteiger partial charge in [-0.1, -0.05) is 24.3 Å². The standard InChI is InChI=1S/C29H23F4NO7/c1-37-26(36)16-4-2-15(3-5-16)22-14-20(19-8-7-18(38-27(30)31)13-23(19)39-22)25(35)34-28(10-11-28)17-6-9-21-24(12-17)41-29(32,33)40-21/h2-9,12-13,20,22,27H,10-11,14H2,1H3,(H,34,35)/t20-,22-/m1/s1. The van der Waals surface area contributed by atoms with Crippen LogP contribution in [0.25, 0.3) is 0 Å². The Balaban J connectivity index is 1.28. The van der Waals surface area contributed by atoms with Crippen LogP contribution in [0.1, 0.15) is 58.3 Å². The number of benzene rings is 3. The summed E-state index contributed by atoms with van der Waals surface area (Å²) in [6.07, 6.45) is -3.07. The molecule has 41 heavy (non-hydrogen) atoms. The molecule has 2 atom stereocenters. The summed E-state index contributed by atoms with van der Waals surface area (Å²) in [5.41, 5.74) is 1.26. The summed E-state index contributed by atoms with van der Waals surface area (Å²) in [5.74, 6) is -1.76. The molecule has 1 N–H and O–H groups in total. The summed E-state index contributed by atoms with van der Waals surface area (Å²) in [5, 5.41) is 3.07. The second-order valence-electron chi connectivity index (χ2n) is 9.99. The van der Waals surface area contributed by atoms with Crippen LogP contribution < -0.4 is 24.3 Å². The maximum atomic E-state index is 13.8. The zero-order valence-corrected chi connectivity index (χ0v) is 21.5. The van der Waals surface area contributed by atoms with E-state index in [-0.39, 0.29) is 35.3 Å². The Morgan fingerprint density at radius 1 is 0.951 bits per heavy atom. The number of hydrogen-bond acceptors (Lipinski definition) is 7. The molecule has 1 fully saturated rings. The van der Waals surface area contributed by atoms with E-state index in [0.717, 1.165) is 0 Å². The van der Waals surface area contributed by atoms with Gasteiger partial charge in [-0.25, -0.2) is 4.79 Å². The topological polar surface area (TPSA) is 92.3 Å². The lowest BCUT2D eigenvalue weighted by Gasteiger charge is -2.33. The number of amides is 1. The van der Waals surface area contributed by atoms with Crippen LogP contribution in [-0.4, -0.2) is 31.9 Å². The fourth-order valence-electron chi connectivity index (χ4n) is 5.21. The number of carbonyl (C=O) groups excluding carboxylic acids is 2. The largest absolute Gasteiger partial charge is 0.586 e. The van der Waals surface area contributed by atoms with Crippen molar-refractivity contribution in [3.8, 4) is 23.0 Å². The number of halogens is 4. The van der Waals surface area contributed by atoms with Crippen molar-refractivity contribution < 1.29 is 50.8 Å². The number of alkyl halides is 4. The number of hydrogen-bond donors (Lipinski definition) is 1. The van der Waals surface area contributed by atoms with Gasteiger partial charge in [0.15, 0.2) is 11.5 Å². The molecule has 0 bridgehead atoms. The minimum atomic E-state index is -3.76. The number of rotatable bonds is 7. The highest BCUT2D eigenvalue weighted by Crippen LogP contribution is 2.51. The van der Waals surface area contributed by atoms with Gasteiger partial charge in [-0.3, -0.25) is 4.79 Å². The molecule has 3 aromatic carbocycles. The highest BCUT2D eigenvalue weighted by atomic mass is 19.3. The fraction of sp³-hybridized carbons (Fsp3) is 0.310. The summed E-state index contributed by atoms with van der Waals surface area (Å²) in [6, 6.07) is 15.0. The molecule has 2 heterocycles. The second kappa shape index (κ2) is 9.86. The number of ether oxygens (including phenoxy) is 5. The number of esters is 1. The van der Waals surface area contributed by atoms with Gasteiger partial charge in [0.05, 0.1) is 24.1 Å². The van der Waals surface area contributed by atoms with Crippen molar-refractivity contribution in [3.05, 3.63) is 82.9 Å². The molecule has 3 aromatic rings. The van der Waals surface area contributed by atoms with E-state index >= 15 is 0 Å². The number of carbonyl (C=O) groups is 2. The van der Waals surface area contributed by atoms with Gasteiger partial charge in [0.1, 0.15) is 17.6 Å². The van der Waals surface area contributed by atoms with E-state index in [1.807, 2.05) is 0 Å². The maximum absolute atomic E-state index is 13.8. The van der Waals surface area contributed by atoms with Crippen LogP contribution in [0.3, 0.4) is 0 Å². The molecule has 0 saturated heterocycles. The Hall–Kier alpha value is -4.48. The molecule has 0 unspecified atom stereocenters. The van der Waals surface area contributed by atoms with Crippen LogP contribution in [0.2, 0.25) is 0 Å². The molecule has 214 valence electrons. The summed E-state index contributed by atoms with van der Waals surface area (Å²) in [6.45, 7) is -3.05. The van der Waals surface area contributed by atoms with Gasteiger partial charge in [0.2, 0.25) is 5.91 Å². The molecule has 2 aliphatic heterocycles. The summed E-state index contributed by atoms with van der Waals surface area (Å²) >= 11 is 0. The van der Waals surface area contributed by atoms with Crippen LogP contribution in [-0.2, 0) is 15.1 Å². The summed E-state index contributed by atoms with van der Waals surface area (Å²) in [4.78, 5) is 25.6. The van der Waals surface area contributed by atoms with Gasteiger partial charge in [0.25, 0.3) is 0 Å². The molecule has 0 aromatic heterocycles. The number of fused-ring (bicyclic) bond motifs is 2. The van der Waals surface area contributed by atoms with Gasteiger partial charge < -0.3 is 29.0 Å². The minimum absolute atomic E-state index is 0.0953. The fourth-order valence-corrected chi connectivity index (χ4v) is 5.21. The Morgan fingerprint density at radius 2 is 1.68 bits per heavy atom. The van der Waals surface area contributed by atoms with Crippen molar-refractivity contribution in [2.45, 2.75) is 49.7 Å². The highest BCUT2D eigenvalue weighted by molar-refractivity contribution is 5.89. The van der Waals surface area contributed by atoms with Gasteiger partial charge in [-0.2, -0.15) is 8.78 Å². The molecule has 1 saturated carbocycles. The van der Waals surface area contributed by atoms with Gasteiger partial charge in [-0.05, 0) is 54.3 Å². The van der Waals surface area contributed by atoms with Gasteiger partial charge in [0, 0.05) is 18.1 Å². The maximum Gasteiger partial charge on any atom is 0.586 e. The summed E-state index contributed by atoms with van der Waals surface area (Å²) in [7, 11) is 1.27. The quantitative estimate of drug-likeness (QED) is 0.282. The van der Waals surface area contributed by atoms with E-state index in [1.54, 1.807) is 30.3 Å². The Labute approximate surface area is 231 Å². The molecule has 1 amide bonds. The number of nitrogens with one attached hydrogen (secondary N) is 1. The zero-order valence-electron chi connectivity index (χ0n) is 21.5. The van der Waals surface area contributed by atoms with Crippen molar-refractivity contribution in [2.75, 3.05) is 7.11 Å². The second-order valence-corrected chi connectivity index (χ2v) is 9.99. The van der Waals surface area contributed by atoms with E-state index in [4.69, 9.17) is 9.47 Å². The summed E-state index contributed by atoms with van der Waals surface area (Å²) < 4.78 is 77.3. The Morgan fingerprint density at radius 3 is 2.37 bits per heavy atom. The first kappa shape index (κ1) is 26.7. The first-order chi connectivity index (χ1) is 19.6. The Bertz CT molecular complexity index is 1510. The Kier molecular flexibility index (Phi) is 6.43. The van der Waals surface area contributed by atoms with Gasteiger partial charge in [-0.15, -0.1) is 8.78 Å². The zero-order chi connectivity index (χ0) is 28.9. The van der Waals surface area contributed by atoms with E-state index in [0.29, 0.717) is 35.1 Å². The first-order valence-electron chi connectivity index (χ1n) is 12.7. The average molecular weight is 573 g/mol. The van der Waals surface area contributed by atoms with E-state index < -0.39 is 36.4 Å². The normalized spacial score (nSPS) is 20.9. The van der Waals surface area contributed by atoms with Crippen molar-refractivity contribution in [1.82, 2.24) is 5.32 Å².